The van der Waals surface area contributed by atoms with Gasteiger partial charge in [0.25, 0.3) is 0 Å². The molecule has 0 aliphatic carbocycles. The number of quaternary nitrogens is 1. The number of nitrogens with zero attached hydrogens (tertiary/aromatic N) is 1. The second-order valence-electron chi connectivity index (χ2n) is 9.79. The Kier molecular flexibility index (Phi) is 4.91. The quantitative estimate of drug-likeness (QED) is 0.315. The Hall–Kier alpha value is -3.80. The SMILES string of the molecule is [CH]c1ccccc1C[N+]1(Cc2ccccc2Cl)C(=O)C2(COc3cc4c(cc32)OCO4)c2ccccc21. The van der Waals surface area contributed by atoms with Crippen molar-refractivity contribution in [2.45, 2.75) is 18.5 Å². The summed E-state index contributed by atoms with van der Waals surface area (Å²) in [5.74, 6) is 1.92. The van der Waals surface area contributed by atoms with Crippen molar-refractivity contribution >= 4 is 23.2 Å². The number of benzene rings is 4. The van der Waals surface area contributed by atoms with Crippen LogP contribution in [0.1, 0.15) is 27.8 Å². The zero-order valence-corrected chi connectivity index (χ0v) is 20.7. The molecule has 1 amide bonds. The summed E-state index contributed by atoms with van der Waals surface area (Å²) in [6.45, 7) is 7.54. The van der Waals surface area contributed by atoms with E-state index in [0.717, 1.165) is 27.9 Å². The van der Waals surface area contributed by atoms with E-state index in [1.165, 1.54) is 0 Å². The first-order valence-electron chi connectivity index (χ1n) is 12.2. The highest BCUT2D eigenvalue weighted by Gasteiger charge is 2.66. The topological polar surface area (TPSA) is 44.8 Å². The fourth-order valence-corrected chi connectivity index (χ4v) is 6.29. The van der Waals surface area contributed by atoms with E-state index < -0.39 is 5.41 Å². The molecule has 5 nitrogen and oxygen atoms in total. The van der Waals surface area contributed by atoms with Crippen molar-refractivity contribution in [1.29, 1.82) is 0 Å². The third-order valence-corrected chi connectivity index (χ3v) is 8.22. The van der Waals surface area contributed by atoms with Crippen LogP contribution in [0.25, 0.3) is 0 Å². The van der Waals surface area contributed by atoms with E-state index in [0.29, 0.717) is 40.9 Å². The van der Waals surface area contributed by atoms with Gasteiger partial charge in [-0.3, -0.25) is 0 Å². The number of carbonyl (C=O) groups is 1. The number of ether oxygens (including phenoxy) is 3. The van der Waals surface area contributed by atoms with Crippen LogP contribution in [0.2, 0.25) is 5.02 Å². The van der Waals surface area contributed by atoms with E-state index in [4.69, 9.17) is 32.7 Å². The first kappa shape index (κ1) is 22.4. The van der Waals surface area contributed by atoms with Crippen molar-refractivity contribution in [2.24, 2.45) is 0 Å². The lowest BCUT2D eigenvalue weighted by Gasteiger charge is -2.34. The lowest BCUT2D eigenvalue weighted by molar-refractivity contribution is -0.134. The van der Waals surface area contributed by atoms with Gasteiger partial charge >= 0.3 is 5.91 Å². The Bertz CT molecular complexity index is 1530. The normalized spacial score (nSPS) is 22.7. The van der Waals surface area contributed by atoms with E-state index in [1.807, 2.05) is 84.9 Å². The maximum atomic E-state index is 15.1. The molecule has 0 bridgehead atoms. The van der Waals surface area contributed by atoms with Gasteiger partial charge in [-0.1, -0.05) is 72.3 Å². The molecule has 2 radical (unpaired) electrons. The number of hydrogen-bond acceptors (Lipinski definition) is 4. The van der Waals surface area contributed by atoms with E-state index in [2.05, 4.69) is 0 Å². The van der Waals surface area contributed by atoms with Gasteiger partial charge in [0.1, 0.15) is 31.1 Å². The predicted molar refractivity (Wildman–Crippen MR) is 141 cm³/mol. The third-order valence-electron chi connectivity index (χ3n) is 7.85. The third kappa shape index (κ3) is 3.11. The molecule has 182 valence electrons. The second kappa shape index (κ2) is 8.10. The van der Waals surface area contributed by atoms with Gasteiger partial charge < -0.3 is 14.2 Å². The summed E-state index contributed by atoms with van der Waals surface area (Å²) in [5, 5.41) is 0.624. The van der Waals surface area contributed by atoms with Gasteiger partial charge in [0.2, 0.25) is 6.79 Å². The van der Waals surface area contributed by atoms with Crippen molar-refractivity contribution in [3.05, 3.63) is 125 Å². The van der Waals surface area contributed by atoms with Crippen LogP contribution in [-0.2, 0) is 23.3 Å². The largest absolute Gasteiger partial charge is 0.491 e. The minimum Gasteiger partial charge on any atom is -0.491 e. The highest BCUT2D eigenvalue weighted by Crippen LogP contribution is 2.58. The average molecular weight is 509 g/mol. The minimum atomic E-state index is -1.00. The Morgan fingerprint density at radius 3 is 2.27 bits per heavy atom. The summed E-state index contributed by atoms with van der Waals surface area (Å²) in [6.07, 6.45) is 0. The monoisotopic (exact) mass is 508 g/mol. The fourth-order valence-electron chi connectivity index (χ4n) is 6.09. The van der Waals surface area contributed by atoms with E-state index in [-0.39, 0.29) is 23.8 Å². The number of carbonyl (C=O) groups excluding carboxylic acids is 1. The molecular formula is C31H23ClNO4+. The highest BCUT2D eigenvalue weighted by atomic mass is 35.5. The van der Waals surface area contributed by atoms with Crippen LogP contribution in [0, 0.1) is 6.92 Å². The summed E-state index contributed by atoms with van der Waals surface area (Å²) >= 11 is 6.67. The molecule has 4 aromatic rings. The molecule has 2 atom stereocenters. The number of halogens is 1. The minimum absolute atomic E-state index is 0.0227. The molecule has 37 heavy (non-hydrogen) atoms. The standard InChI is InChI=1S/C31H23ClNO4/c1-20-8-2-3-9-21(20)16-33(17-22-10-4-6-12-25(22)32)26-13-7-5-11-23(26)31(30(33)34)18-35-27-15-29-28(14-24(27)31)36-19-37-29/h1-15H,16-19H2/q+1. The molecule has 2 unspecified atom stereocenters. The van der Waals surface area contributed by atoms with Crippen LogP contribution in [0.5, 0.6) is 17.2 Å². The Morgan fingerprint density at radius 1 is 0.784 bits per heavy atom. The molecule has 1 spiro atoms. The van der Waals surface area contributed by atoms with Crippen LogP contribution in [0.4, 0.5) is 5.69 Å². The summed E-state index contributed by atoms with van der Waals surface area (Å²) in [6, 6.07) is 27.2. The fraction of sp³-hybridized carbons (Fsp3) is 0.161. The average Bonchev–Trinajstić information content (AvgIpc) is 3.58. The van der Waals surface area contributed by atoms with Crippen molar-refractivity contribution in [1.82, 2.24) is 4.48 Å². The smallest absolute Gasteiger partial charge is 0.338 e. The Labute approximate surface area is 220 Å². The summed E-state index contributed by atoms with van der Waals surface area (Å²) in [7, 11) is 0. The van der Waals surface area contributed by atoms with Crippen LogP contribution in [-0.4, -0.2) is 19.3 Å². The van der Waals surface area contributed by atoms with Crippen molar-refractivity contribution < 1.29 is 19.0 Å². The lowest BCUT2D eigenvalue weighted by atomic mass is 9.77. The number of amides is 1. The van der Waals surface area contributed by atoms with Gasteiger partial charge in [-0.2, -0.15) is 0 Å². The Morgan fingerprint density at radius 2 is 1.46 bits per heavy atom. The molecular weight excluding hydrogens is 486 g/mol. The first-order valence-corrected chi connectivity index (χ1v) is 12.6. The Balaban J connectivity index is 1.48. The molecule has 6 heteroatoms. The highest BCUT2D eigenvalue weighted by molar-refractivity contribution is 6.31. The van der Waals surface area contributed by atoms with Crippen molar-refractivity contribution in [3.8, 4) is 17.2 Å². The molecule has 0 aromatic heterocycles. The van der Waals surface area contributed by atoms with Crippen LogP contribution in [0.3, 0.4) is 0 Å². The summed E-state index contributed by atoms with van der Waals surface area (Å²) in [4.78, 5) is 15.1. The molecule has 0 N–H and O–H groups in total. The molecule has 3 heterocycles. The molecule has 3 aliphatic heterocycles. The maximum absolute atomic E-state index is 15.1. The van der Waals surface area contributed by atoms with Crippen molar-refractivity contribution in [2.75, 3.05) is 13.4 Å². The van der Waals surface area contributed by atoms with Crippen LogP contribution >= 0.6 is 11.6 Å². The summed E-state index contributed by atoms with van der Waals surface area (Å²) in [5.41, 5.74) is 4.09. The molecule has 0 saturated carbocycles. The van der Waals surface area contributed by atoms with E-state index in [1.54, 1.807) is 0 Å². The molecule has 0 saturated heterocycles. The maximum Gasteiger partial charge on any atom is 0.338 e. The number of para-hydroxylation sites is 1. The number of fused-ring (bicyclic) bond motifs is 5. The zero-order valence-electron chi connectivity index (χ0n) is 19.9. The van der Waals surface area contributed by atoms with Crippen LogP contribution in [0.15, 0.2) is 84.9 Å². The van der Waals surface area contributed by atoms with Gasteiger partial charge in [-0.15, -0.1) is 0 Å². The zero-order chi connectivity index (χ0) is 25.2. The van der Waals surface area contributed by atoms with Crippen LogP contribution < -0.4 is 18.7 Å². The van der Waals surface area contributed by atoms with Crippen molar-refractivity contribution in [3.63, 3.8) is 0 Å². The number of hydrogen-bond donors (Lipinski definition) is 0. The van der Waals surface area contributed by atoms with E-state index >= 15 is 4.79 Å². The molecule has 3 aliphatic rings. The van der Waals surface area contributed by atoms with Gasteiger partial charge in [-0.05, 0) is 30.7 Å². The second-order valence-corrected chi connectivity index (χ2v) is 10.2. The van der Waals surface area contributed by atoms with Gasteiger partial charge in [0.05, 0.1) is 0 Å². The van der Waals surface area contributed by atoms with Gasteiger partial charge in [-0.25, -0.2) is 9.28 Å². The van der Waals surface area contributed by atoms with Gasteiger partial charge in [0.15, 0.2) is 16.9 Å². The lowest BCUT2D eigenvalue weighted by Crippen LogP contribution is -2.56. The number of rotatable bonds is 4. The predicted octanol–water partition coefficient (Wildman–Crippen LogP) is 6.05. The van der Waals surface area contributed by atoms with E-state index in [9.17, 15) is 0 Å². The molecule has 4 aromatic carbocycles. The van der Waals surface area contributed by atoms with Gasteiger partial charge in [0, 0.05) is 33.3 Å². The summed E-state index contributed by atoms with van der Waals surface area (Å²) < 4.78 is 17.5. The first-order chi connectivity index (χ1) is 18.0. The molecule has 7 rings (SSSR count). The molecule has 0 fully saturated rings.